The molecule has 32 heavy (non-hydrogen) atoms. The van der Waals surface area contributed by atoms with E-state index < -0.39 is 0 Å². The minimum absolute atomic E-state index is 0. The Morgan fingerprint density at radius 2 is 1.84 bits per heavy atom. The molecule has 4 N–H and O–H groups in total. The van der Waals surface area contributed by atoms with Gasteiger partial charge in [-0.3, -0.25) is 9.69 Å². The van der Waals surface area contributed by atoms with Gasteiger partial charge < -0.3 is 21.3 Å². The van der Waals surface area contributed by atoms with E-state index in [0.717, 1.165) is 58.1 Å². The van der Waals surface area contributed by atoms with Crippen molar-refractivity contribution in [1.82, 2.24) is 20.4 Å². The fourth-order valence-electron chi connectivity index (χ4n) is 4.54. The van der Waals surface area contributed by atoms with Gasteiger partial charge in [-0.1, -0.05) is 30.7 Å². The van der Waals surface area contributed by atoms with Crippen LogP contribution in [0.1, 0.15) is 50.2 Å². The zero-order chi connectivity index (χ0) is 21.9. The molecule has 1 unspecified atom stereocenters. The number of primary amides is 1. The Morgan fingerprint density at radius 3 is 2.59 bits per heavy atom. The van der Waals surface area contributed by atoms with Gasteiger partial charge in [0.15, 0.2) is 5.96 Å². The number of hydrogen-bond acceptors (Lipinski definition) is 4. The Hall–Kier alpha value is -1.39. The zero-order valence-corrected chi connectivity index (χ0v) is 21.9. The maximum Gasteiger partial charge on any atom is 0.221 e. The summed E-state index contributed by atoms with van der Waals surface area (Å²) in [6, 6.07) is 8.62. The summed E-state index contributed by atoms with van der Waals surface area (Å²) in [5.41, 5.74) is 7.99. The second kappa shape index (κ2) is 14.7. The summed E-state index contributed by atoms with van der Waals surface area (Å²) in [6.45, 7) is 10.7. The number of nitrogens with zero attached hydrogens (tertiary/aromatic N) is 3. The third-order valence-electron chi connectivity index (χ3n) is 6.24. The monoisotopic (exact) mass is 556 g/mol. The number of carbonyl (C=O) groups is 1. The van der Waals surface area contributed by atoms with Crippen LogP contribution in [0.25, 0.3) is 0 Å². The van der Waals surface area contributed by atoms with Gasteiger partial charge in [-0.25, -0.2) is 4.99 Å². The Labute approximate surface area is 210 Å². The molecule has 7 nitrogen and oxygen atoms in total. The second-order valence-electron chi connectivity index (χ2n) is 8.82. The number of piperidine rings is 2. The molecule has 8 heteroatoms. The molecule has 0 saturated carbocycles. The van der Waals surface area contributed by atoms with E-state index in [1.807, 2.05) is 0 Å². The van der Waals surface area contributed by atoms with Crippen molar-refractivity contribution in [2.45, 2.75) is 52.1 Å². The fraction of sp³-hybridized carbons (Fsp3) is 0.667. The highest BCUT2D eigenvalue weighted by Gasteiger charge is 2.23. The molecule has 1 aromatic carbocycles. The number of nitrogens with one attached hydrogen (secondary N) is 2. The van der Waals surface area contributed by atoms with Crippen molar-refractivity contribution < 1.29 is 4.79 Å². The van der Waals surface area contributed by atoms with Crippen molar-refractivity contribution >= 4 is 35.8 Å². The lowest BCUT2D eigenvalue weighted by Gasteiger charge is -2.31. The molecule has 2 fully saturated rings. The molecule has 0 aromatic heterocycles. The van der Waals surface area contributed by atoms with Crippen LogP contribution in [0.2, 0.25) is 0 Å². The van der Waals surface area contributed by atoms with Gasteiger partial charge >= 0.3 is 0 Å². The summed E-state index contributed by atoms with van der Waals surface area (Å²) in [5, 5.41) is 6.83. The maximum atomic E-state index is 11.5. The van der Waals surface area contributed by atoms with Crippen molar-refractivity contribution in [3.8, 4) is 0 Å². The Kier molecular flexibility index (Phi) is 12.3. The molecule has 2 saturated heterocycles. The summed E-state index contributed by atoms with van der Waals surface area (Å²) in [5.74, 6) is 0.696. The van der Waals surface area contributed by atoms with E-state index in [2.05, 4.69) is 51.6 Å². The molecule has 0 radical (unpaired) electrons. The first kappa shape index (κ1) is 26.9. The highest BCUT2D eigenvalue weighted by atomic mass is 127. The van der Waals surface area contributed by atoms with E-state index >= 15 is 0 Å². The van der Waals surface area contributed by atoms with Crippen LogP contribution in [0.4, 0.5) is 0 Å². The van der Waals surface area contributed by atoms with Crippen molar-refractivity contribution in [2.75, 3.05) is 45.8 Å². The van der Waals surface area contributed by atoms with Crippen LogP contribution in [0, 0.1) is 5.92 Å². The smallest absolute Gasteiger partial charge is 0.221 e. The van der Waals surface area contributed by atoms with Crippen LogP contribution in [0.3, 0.4) is 0 Å². The van der Waals surface area contributed by atoms with Crippen molar-refractivity contribution in [2.24, 2.45) is 16.6 Å². The number of carbonyl (C=O) groups excluding carboxylic acids is 1. The number of nitrogens with two attached hydrogens (primary N) is 1. The summed E-state index contributed by atoms with van der Waals surface area (Å²) >= 11 is 0. The Bertz CT molecular complexity index is 722. The van der Waals surface area contributed by atoms with Crippen LogP contribution in [-0.2, 0) is 17.9 Å². The van der Waals surface area contributed by atoms with Crippen LogP contribution in [0.5, 0.6) is 0 Å². The van der Waals surface area contributed by atoms with Gasteiger partial charge in [0, 0.05) is 32.7 Å². The predicted octanol–water partition coefficient (Wildman–Crippen LogP) is 2.54. The largest absolute Gasteiger partial charge is 0.369 e. The normalized spacial score (nSPS) is 20.4. The number of aliphatic imine (C=N–C) groups is 1. The van der Waals surface area contributed by atoms with Crippen LogP contribution in [0.15, 0.2) is 29.3 Å². The van der Waals surface area contributed by atoms with Gasteiger partial charge in [0.1, 0.15) is 0 Å². The number of guanidine groups is 1. The molecule has 1 amide bonds. The summed E-state index contributed by atoms with van der Waals surface area (Å²) < 4.78 is 0. The molecule has 2 heterocycles. The highest BCUT2D eigenvalue weighted by molar-refractivity contribution is 14.0. The topological polar surface area (TPSA) is 86.0 Å². The number of rotatable bonds is 9. The standard InChI is InChI=1S/C24H40N6O.HI/c1-2-26-24(27-11-15-29-12-4-3-5-13-29)28-17-20-8-6-9-21(16-20)18-30-14-7-10-22(19-30)23(25)31;/h6,8-9,16,22H,2-5,7,10-15,17-19H2,1H3,(H2,25,31)(H2,26,27,28);1H. The summed E-state index contributed by atoms with van der Waals surface area (Å²) in [4.78, 5) is 21.2. The number of hydrogen-bond donors (Lipinski definition) is 3. The molecule has 2 aliphatic rings. The lowest BCUT2D eigenvalue weighted by atomic mass is 9.97. The molecule has 180 valence electrons. The van der Waals surface area contributed by atoms with E-state index in [1.165, 1.54) is 43.5 Å². The van der Waals surface area contributed by atoms with Crippen LogP contribution >= 0.6 is 24.0 Å². The first-order valence-electron chi connectivity index (χ1n) is 12.0. The van der Waals surface area contributed by atoms with Gasteiger partial charge in [0.25, 0.3) is 0 Å². The minimum atomic E-state index is -0.170. The third-order valence-corrected chi connectivity index (χ3v) is 6.24. The summed E-state index contributed by atoms with van der Waals surface area (Å²) in [6.07, 6.45) is 5.97. The van der Waals surface area contributed by atoms with Crippen molar-refractivity contribution in [3.05, 3.63) is 35.4 Å². The first-order chi connectivity index (χ1) is 15.1. The van der Waals surface area contributed by atoms with E-state index in [9.17, 15) is 4.79 Å². The number of amides is 1. The molecule has 2 aliphatic heterocycles. The lowest BCUT2D eigenvalue weighted by molar-refractivity contribution is -0.123. The van der Waals surface area contributed by atoms with Crippen LogP contribution in [-0.4, -0.2) is 67.5 Å². The zero-order valence-electron chi connectivity index (χ0n) is 19.5. The van der Waals surface area contributed by atoms with E-state index in [4.69, 9.17) is 10.7 Å². The first-order valence-corrected chi connectivity index (χ1v) is 12.0. The minimum Gasteiger partial charge on any atom is -0.369 e. The second-order valence-corrected chi connectivity index (χ2v) is 8.82. The van der Waals surface area contributed by atoms with Gasteiger partial charge in [0.05, 0.1) is 12.5 Å². The van der Waals surface area contributed by atoms with Gasteiger partial charge in [-0.05, 0) is 63.4 Å². The Balaban J connectivity index is 0.00000363. The molecule has 0 aliphatic carbocycles. The molecule has 0 spiro atoms. The van der Waals surface area contributed by atoms with Crippen LogP contribution < -0.4 is 16.4 Å². The van der Waals surface area contributed by atoms with Gasteiger partial charge in [-0.2, -0.15) is 0 Å². The number of halogens is 1. The molecule has 1 atom stereocenters. The van der Waals surface area contributed by atoms with Crippen molar-refractivity contribution in [3.63, 3.8) is 0 Å². The molecule has 1 aromatic rings. The van der Waals surface area contributed by atoms with Gasteiger partial charge in [0.2, 0.25) is 5.91 Å². The average Bonchev–Trinajstić information content (AvgIpc) is 2.78. The predicted molar refractivity (Wildman–Crippen MR) is 142 cm³/mol. The highest BCUT2D eigenvalue weighted by Crippen LogP contribution is 2.19. The molecule has 3 rings (SSSR count). The van der Waals surface area contributed by atoms with Crippen molar-refractivity contribution in [1.29, 1.82) is 0 Å². The van der Waals surface area contributed by atoms with E-state index in [-0.39, 0.29) is 35.8 Å². The summed E-state index contributed by atoms with van der Waals surface area (Å²) in [7, 11) is 0. The number of likely N-dealkylation sites (tertiary alicyclic amines) is 2. The van der Waals surface area contributed by atoms with E-state index in [1.54, 1.807) is 0 Å². The SMILES string of the molecule is CCNC(=NCc1cccc(CN2CCCC(C(N)=O)C2)c1)NCCN1CCCCC1.I. The van der Waals surface area contributed by atoms with Gasteiger partial charge in [-0.15, -0.1) is 24.0 Å². The number of benzene rings is 1. The quantitative estimate of drug-likeness (QED) is 0.247. The molecular formula is C24H41IN6O. The van der Waals surface area contributed by atoms with E-state index in [0.29, 0.717) is 6.54 Å². The Morgan fingerprint density at radius 1 is 1.09 bits per heavy atom. The molecular weight excluding hydrogens is 515 g/mol. The lowest BCUT2D eigenvalue weighted by Crippen LogP contribution is -2.42. The fourth-order valence-corrected chi connectivity index (χ4v) is 4.54. The maximum absolute atomic E-state index is 11.5. The molecule has 0 bridgehead atoms. The average molecular weight is 557 g/mol. The third kappa shape index (κ3) is 9.23.